The Labute approximate surface area is 168 Å². The van der Waals surface area contributed by atoms with Gasteiger partial charge in [-0.3, -0.25) is 0 Å². The zero-order chi connectivity index (χ0) is 19.3. The number of β-amino-alcohol motifs (C(OH)–C–C–N with tert-alkyl or cyclic N) is 1. The first-order chi connectivity index (χ1) is 13.7. The highest BCUT2D eigenvalue weighted by atomic mass is 32.1. The normalized spacial score (nSPS) is 16.7. The molecular weight excluding hydrogens is 370 g/mol. The summed E-state index contributed by atoms with van der Waals surface area (Å²) in [6, 6.07) is 17.3. The van der Waals surface area contributed by atoms with Gasteiger partial charge in [-0.1, -0.05) is 12.1 Å². The van der Waals surface area contributed by atoms with Crippen molar-refractivity contribution in [1.82, 2.24) is 9.88 Å². The predicted molar refractivity (Wildman–Crippen MR) is 111 cm³/mol. The number of hydrogen-bond donors (Lipinski definition) is 1. The molecule has 1 saturated heterocycles. The van der Waals surface area contributed by atoms with Crippen molar-refractivity contribution in [3.05, 3.63) is 59.1 Å². The van der Waals surface area contributed by atoms with E-state index in [0.717, 1.165) is 31.4 Å². The van der Waals surface area contributed by atoms with Gasteiger partial charge < -0.3 is 14.7 Å². The van der Waals surface area contributed by atoms with Gasteiger partial charge in [0.25, 0.3) is 0 Å². The van der Waals surface area contributed by atoms with Gasteiger partial charge in [0.15, 0.2) is 0 Å². The highest BCUT2D eigenvalue weighted by Crippen LogP contribution is 2.33. The summed E-state index contributed by atoms with van der Waals surface area (Å²) in [6.45, 7) is 2.80. The molecule has 1 aliphatic rings. The number of aliphatic hydroxyl groups is 1. The molecule has 5 nitrogen and oxygen atoms in total. The van der Waals surface area contributed by atoms with Gasteiger partial charge in [-0.2, -0.15) is 5.26 Å². The molecule has 28 heavy (non-hydrogen) atoms. The first-order valence-electron chi connectivity index (χ1n) is 9.60. The summed E-state index contributed by atoms with van der Waals surface area (Å²) < 4.78 is 6.90. The number of nitrogens with zero attached hydrogens (tertiary/aromatic N) is 3. The van der Waals surface area contributed by atoms with E-state index in [2.05, 4.69) is 29.2 Å². The maximum atomic E-state index is 10.3. The molecule has 0 bridgehead atoms. The van der Waals surface area contributed by atoms with Gasteiger partial charge in [0.05, 0.1) is 26.9 Å². The van der Waals surface area contributed by atoms with Crippen molar-refractivity contribution in [1.29, 1.82) is 5.26 Å². The Morgan fingerprint density at radius 3 is 2.64 bits per heavy atom. The number of piperidine rings is 1. The van der Waals surface area contributed by atoms with Crippen molar-refractivity contribution in [2.24, 2.45) is 0 Å². The number of thiazole rings is 1. The molecule has 0 spiro atoms. The van der Waals surface area contributed by atoms with Crippen LogP contribution in [0.3, 0.4) is 0 Å². The van der Waals surface area contributed by atoms with E-state index in [1.807, 2.05) is 17.4 Å². The molecule has 1 fully saturated rings. The van der Waals surface area contributed by atoms with Gasteiger partial charge in [-0.05, 0) is 62.3 Å². The summed E-state index contributed by atoms with van der Waals surface area (Å²) in [5.41, 5.74) is 1.70. The molecule has 0 radical (unpaired) electrons. The lowest BCUT2D eigenvalue weighted by atomic mass is 9.97. The van der Waals surface area contributed by atoms with Crippen molar-refractivity contribution in [3.63, 3.8) is 0 Å². The van der Waals surface area contributed by atoms with Gasteiger partial charge in [0.1, 0.15) is 18.5 Å². The number of ether oxygens (including phenoxy) is 1. The smallest absolute Gasteiger partial charge is 0.119 e. The molecule has 0 saturated carbocycles. The SMILES string of the molecule is N#Cc1ccc(OCC(O)CN2CCC(c3nc4ccccc4s3)CC2)cc1. The van der Waals surface area contributed by atoms with E-state index in [-0.39, 0.29) is 6.61 Å². The number of para-hydroxylation sites is 1. The monoisotopic (exact) mass is 393 g/mol. The Morgan fingerprint density at radius 1 is 1.18 bits per heavy atom. The highest BCUT2D eigenvalue weighted by Gasteiger charge is 2.24. The fraction of sp³-hybridized carbons (Fsp3) is 0.364. The number of aromatic nitrogens is 1. The molecule has 1 N–H and O–H groups in total. The third kappa shape index (κ3) is 4.50. The summed E-state index contributed by atoms with van der Waals surface area (Å²) >= 11 is 1.81. The molecular formula is C22H23N3O2S. The van der Waals surface area contributed by atoms with Gasteiger partial charge in [0, 0.05) is 12.5 Å². The molecule has 2 heterocycles. The summed E-state index contributed by atoms with van der Waals surface area (Å²) in [5, 5.41) is 20.4. The van der Waals surface area contributed by atoms with Crippen LogP contribution in [0.25, 0.3) is 10.2 Å². The number of nitriles is 1. The number of aliphatic hydroxyl groups excluding tert-OH is 1. The third-order valence-corrected chi connectivity index (χ3v) is 6.34. The summed E-state index contributed by atoms with van der Waals surface area (Å²) in [6.07, 6.45) is 1.61. The van der Waals surface area contributed by atoms with Gasteiger partial charge in [-0.15, -0.1) is 11.3 Å². The Bertz CT molecular complexity index is 923. The second-order valence-corrected chi connectivity index (χ2v) is 8.26. The first kappa shape index (κ1) is 18.9. The Hall–Kier alpha value is -2.46. The lowest BCUT2D eigenvalue weighted by Crippen LogP contribution is -2.40. The molecule has 4 rings (SSSR count). The van der Waals surface area contributed by atoms with Crippen LogP contribution in [-0.2, 0) is 0 Å². The van der Waals surface area contributed by atoms with E-state index in [1.165, 1.54) is 9.71 Å². The van der Waals surface area contributed by atoms with Crippen LogP contribution in [0.5, 0.6) is 5.75 Å². The average Bonchev–Trinajstić information content (AvgIpc) is 3.17. The molecule has 1 aromatic heterocycles. The van der Waals surface area contributed by atoms with Crippen LogP contribution in [0.15, 0.2) is 48.5 Å². The number of benzene rings is 2. The minimum absolute atomic E-state index is 0.254. The summed E-state index contributed by atoms with van der Waals surface area (Å²) in [4.78, 5) is 7.11. The van der Waals surface area contributed by atoms with Crippen LogP contribution < -0.4 is 4.74 Å². The van der Waals surface area contributed by atoms with Crippen molar-refractivity contribution in [2.75, 3.05) is 26.2 Å². The van der Waals surface area contributed by atoms with Gasteiger partial charge >= 0.3 is 0 Å². The van der Waals surface area contributed by atoms with Crippen LogP contribution in [0, 0.1) is 11.3 Å². The molecule has 1 atom stereocenters. The van der Waals surface area contributed by atoms with Crippen LogP contribution in [-0.4, -0.2) is 47.3 Å². The second kappa shape index (κ2) is 8.70. The highest BCUT2D eigenvalue weighted by molar-refractivity contribution is 7.18. The standard InChI is InChI=1S/C22H23N3O2S/c23-13-16-5-7-19(8-6-16)27-15-18(26)14-25-11-9-17(10-12-25)22-24-20-3-1-2-4-21(20)28-22/h1-8,17-18,26H,9-12,14-15H2. The molecule has 1 unspecified atom stereocenters. The number of fused-ring (bicyclic) bond motifs is 1. The molecule has 1 aliphatic heterocycles. The van der Waals surface area contributed by atoms with E-state index in [9.17, 15) is 5.11 Å². The van der Waals surface area contributed by atoms with Crippen LogP contribution in [0.2, 0.25) is 0 Å². The fourth-order valence-corrected chi connectivity index (χ4v) is 4.73. The number of likely N-dealkylation sites (tertiary alicyclic amines) is 1. The van der Waals surface area contributed by atoms with Crippen LogP contribution in [0.1, 0.15) is 29.3 Å². The van der Waals surface area contributed by atoms with Crippen molar-refractivity contribution >= 4 is 21.6 Å². The van der Waals surface area contributed by atoms with Crippen LogP contribution >= 0.6 is 11.3 Å². The average molecular weight is 394 g/mol. The minimum atomic E-state index is -0.533. The molecule has 6 heteroatoms. The zero-order valence-electron chi connectivity index (χ0n) is 15.6. The zero-order valence-corrected chi connectivity index (χ0v) is 16.4. The fourth-order valence-electron chi connectivity index (χ4n) is 3.60. The van der Waals surface area contributed by atoms with Crippen molar-refractivity contribution in [3.8, 4) is 11.8 Å². The van der Waals surface area contributed by atoms with E-state index < -0.39 is 6.10 Å². The second-order valence-electron chi connectivity index (χ2n) is 7.20. The minimum Gasteiger partial charge on any atom is -0.491 e. The maximum absolute atomic E-state index is 10.3. The van der Waals surface area contributed by atoms with E-state index in [0.29, 0.717) is 23.8 Å². The quantitative estimate of drug-likeness (QED) is 0.690. The van der Waals surface area contributed by atoms with Gasteiger partial charge in [0.2, 0.25) is 0 Å². The molecule has 3 aromatic rings. The molecule has 144 valence electrons. The topological polar surface area (TPSA) is 69.4 Å². The number of rotatable bonds is 6. The largest absolute Gasteiger partial charge is 0.491 e. The van der Waals surface area contributed by atoms with Crippen molar-refractivity contribution < 1.29 is 9.84 Å². The molecule has 0 amide bonds. The lowest BCUT2D eigenvalue weighted by molar-refractivity contribution is 0.0594. The summed E-state index contributed by atoms with van der Waals surface area (Å²) in [5.74, 6) is 1.19. The first-order valence-corrected chi connectivity index (χ1v) is 10.4. The van der Waals surface area contributed by atoms with Gasteiger partial charge in [-0.25, -0.2) is 4.98 Å². The number of hydrogen-bond acceptors (Lipinski definition) is 6. The maximum Gasteiger partial charge on any atom is 0.119 e. The third-order valence-electron chi connectivity index (χ3n) is 5.14. The van der Waals surface area contributed by atoms with E-state index in [4.69, 9.17) is 15.0 Å². The summed E-state index contributed by atoms with van der Waals surface area (Å²) in [7, 11) is 0. The predicted octanol–water partition coefficient (Wildman–Crippen LogP) is 3.79. The van der Waals surface area contributed by atoms with E-state index in [1.54, 1.807) is 24.3 Å². The van der Waals surface area contributed by atoms with Crippen LogP contribution in [0.4, 0.5) is 0 Å². The Morgan fingerprint density at radius 2 is 1.93 bits per heavy atom. The van der Waals surface area contributed by atoms with E-state index >= 15 is 0 Å². The molecule has 0 aliphatic carbocycles. The Kier molecular flexibility index (Phi) is 5.87. The lowest BCUT2D eigenvalue weighted by Gasteiger charge is -2.32. The van der Waals surface area contributed by atoms with Crippen molar-refractivity contribution in [2.45, 2.75) is 24.9 Å². The molecule has 2 aromatic carbocycles. The Balaban J connectivity index is 1.24.